The van der Waals surface area contributed by atoms with Crippen LogP contribution in [0, 0.1) is 65.1 Å². The second-order valence-electron chi connectivity index (χ2n) is 39.7. The number of rotatable bonds is 28. The number of hydrogen-bond donors (Lipinski definition) is 7. The molecule has 7 fully saturated rings. The second kappa shape index (κ2) is 61.7. The van der Waals surface area contributed by atoms with Crippen molar-refractivity contribution < 1.29 is 88.7 Å². The molecule has 0 radical (unpaired) electrons. The fourth-order valence-corrected chi connectivity index (χ4v) is 18.5. The molecule has 7 saturated heterocycles. The maximum atomic E-state index is 12.5. The second-order valence-corrected chi connectivity index (χ2v) is 45.5. The van der Waals surface area contributed by atoms with Crippen molar-refractivity contribution in [2.24, 2.45) is 65.1 Å². The van der Waals surface area contributed by atoms with E-state index in [9.17, 15) is 84.0 Å². The predicted octanol–water partition coefficient (Wildman–Crippen LogP) is 10.6. The van der Waals surface area contributed by atoms with E-state index in [2.05, 4.69) is 47.0 Å². The molecule has 0 aromatic heterocycles. The number of Topliss-reactive ketones (excluding diaryl/α,β-unsaturated/α-hetero) is 7. The molecule has 2 aromatic carbocycles. The first-order chi connectivity index (χ1) is 64.2. The van der Waals surface area contributed by atoms with Crippen LogP contribution in [-0.2, 0) is 58.0 Å². The molecule has 7 aliphatic heterocycles. The van der Waals surface area contributed by atoms with Gasteiger partial charge in [0.05, 0.1) is 66.4 Å². The van der Waals surface area contributed by atoms with Crippen molar-refractivity contribution in [2.45, 2.75) is 227 Å². The Morgan fingerprint density at radius 2 is 0.526 bits per heavy atom. The van der Waals surface area contributed by atoms with Crippen LogP contribution >= 0.6 is 11.8 Å². The maximum absolute atomic E-state index is 12.5. The molecule has 0 bridgehead atoms. The minimum atomic E-state index is -3.05. The molecule has 2 aromatic rings. The van der Waals surface area contributed by atoms with Gasteiger partial charge in [-0.15, -0.1) is 0 Å². The number of hydrogen-bond acceptors (Lipinski definition) is 22. The van der Waals surface area contributed by atoms with Gasteiger partial charge in [0.2, 0.25) is 0 Å². The van der Waals surface area contributed by atoms with Crippen molar-refractivity contribution in [1.82, 2.24) is 81.3 Å². The lowest BCUT2D eigenvalue weighted by Crippen LogP contribution is -2.54. The minimum Gasteiger partial charge on any atom is -0.378 e. The number of carbonyl (C=O) groups excluding carboxylic acids is 14. The lowest BCUT2D eigenvalue weighted by atomic mass is 9.93. The van der Waals surface area contributed by atoms with Gasteiger partial charge in [-0.3, -0.25) is 33.6 Å². The maximum Gasteiger partial charge on any atom is 0.318 e. The first-order valence-electron chi connectivity index (χ1n) is 49.3. The third-order valence-electron chi connectivity index (χ3n) is 24.5. The van der Waals surface area contributed by atoms with Gasteiger partial charge >= 0.3 is 42.2 Å². The van der Waals surface area contributed by atoms with Gasteiger partial charge in [-0.2, -0.15) is 11.8 Å². The predicted molar refractivity (Wildman–Crippen MR) is 541 cm³/mol. The number of ether oxygens (including phenoxy) is 1. The summed E-state index contributed by atoms with van der Waals surface area (Å²) in [6.07, 6.45) is 3.80. The topological polar surface area (TPSA) is 430 Å². The SMILES string of the molecule is CC(C)C(=O)[C@@H](NC(=O)N1CCCCC1)C(C)C.CC(C)C(=O)[C@@H](NC(=O)N1CCOCC1)C(C)C.CC(C)C(=O)[C@@H](NC(=O)N1CCS(=O)(=O)CC1)C(C)C.CC(C)C(=O)[C@@H](NC(=O)N1CCSCC1)C(C)C.CC(C)C(=O)[C@H](NC(=O)N1CCN(C)CC1)c1ccccc1.CC(C)C(=O)[C@H](NC(=O)N1CCS(=O)(=O)CC1)c1ccccc1.CCC(=O)[C@@H](NC(=O)N1CCN(C)CC1)C(C)C. The van der Waals surface area contributed by atoms with E-state index in [0.717, 1.165) is 101 Å². The summed E-state index contributed by atoms with van der Waals surface area (Å²) in [5.74, 6) is 2.12. The van der Waals surface area contributed by atoms with Crippen molar-refractivity contribution in [3.8, 4) is 0 Å². The molecule has 14 amide bonds. The lowest BCUT2D eigenvalue weighted by molar-refractivity contribution is -0.125. The van der Waals surface area contributed by atoms with Crippen LogP contribution in [0.25, 0.3) is 0 Å². The summed E-state index contributed by atoms with van der Waals surface area (Å²) in [5.41, 5.74) is 1.56. The zero-order valence-corrected chi connectivity index (χ0v) is 89.3. The van der Waals surface area contributed by atoms with Gasteiger partial charge in [0.15, 0.2) is 60.2 Å². The fourth-order valence-electron chi connectivity index (χ4n) is 15.2. The van der Waals surface area contributed by atoms with Crippen molar-refractivity contribution >= 4 is 114 Å². The highest BCUT2D eigenvalue weighted by atomic mass is 32.2. The molecule has 0 spiro atoms. The number of ketones is 7. The normalized spacial score (nSPS) is 18.4. The van der Waals surface area contributed by atoms with Gasteiger partial charge in [-0.05, 0) is 74.1 Å². The Balaban J connectivity index is 0.000000412. The van der Waals surface area contributed by atoms with Gasteiger partial charge < -0.3 is 86.1 Å². The van der Waals surface area contributed by atoms with E-state index in [-0.39, 0.29) is 209 Å². The van der Waals surface area contributed by atoms with Gasteiger partial charge in [-0.25, -0.2) is 50.4 Å². The number of sulfone groups is 2. The van der Waals surface area contributed by atoms with E-state index in [1.807, 2.05) is 211 Å². The average molecular weight is 1980 g/mol. The van der Waals surface area contributed by atoms with E-state index in [0.29, 0.717) is 45.8 Å². The van der Waals surface area contributed by atoms with Crippen molar-refractivity contribution in [3.63, 3.8) is 0 Å². The third-order valence-corrected chi connectivity index (χ3v) is 28.7. The van der Waals surface area contributed by atoms with Crippen LogP contribution in [0.4, 0.5) is 33.6 Å². The molecular weight excluding hydrogens is 1810 g/mol. The monoisotopic (exact) mass is 1980 g/mol. The summed E-state index contributed by atoms with van der Waals surface area (Å²) >= 11 is 1.86. The Bertz CT molecular complexity index is 4160. The molecular formula is C99H170N16O19S3. The standard InChI is InChI=1S/C17H25N3O2.C16H22N2O4S.C14H26N2O2.C13H25N3O2.C13H24N2O4S.C13H24N2O3.C13H24N2O2S/c1-13(2)16(21)15(14-7-5-4-6-8-14)18-17(22)20-11-9-19(3)10-12-20;1-12(2)15(19)14(13-6-4-3-5-7-13)17-16(20)18-8-10-23(21,22)11-9-18;1-10(2)12(13(17)11(3)4)15-14(18)16-8-6-5-7-9-16;1-5-11(17)12(10(2)3)14-13(18)16-8-6-15(4)7-9-16;1-9(2)11(12(16)10(3)4)14-13(17)15-5-7-20(18,19)8-6-15;2*1-9(2)11(12(16)10(3)4)14-13(17)15-5-7-18-8-6-15/h4-8,13,15H,9-12H2,1-3H3,(H,18,22);3-7,12,14H,8-11H2,1-2H3,(H,17,20);10-12H,5-9H2,1-4H3,(H,15,18);10,12H,5-9H2,1-4H3,(H,14,18);9-11H,5-8H2,1-4H3,(H,14,17);2*9-11H,5-8H2,1-4H3,(H,14,17)/t15-;14-;2*12-;3*11-/m1100000/s1. The lowest BCUT2D eigenvalue weighted by Gasteiger charge is -2.34. The Morgan fingerprint density at radius 1 is 0.292 bits per heavy atom. The van der Waals surface area contributed by atoms with Crippen LogP contribution in [0.15, 0.2) is 60.7 Å². The summed E-state index contributed by atoms with van der Waals surface area (Å²) in [5, 5.41) is 19.9. The molecule has 35 nitrogen and oxygen atoms in total. The number of thioether (sulfide) groups is 1. The van der Waals surface area contributed by atoms with Gasteiger partial charge in [0.1, 0.15) is 12.1 Å². The zero-order chi connectivity index (χ0) is 103. The molecule has 0 aliphatic carbocycles. The molecule has 0 unspecified atom stereocenters. The first kappa shape index (κ1) is 122. The number of benzene rings is 2. The highest BCUT2D eigenvalue weighted by Gasteiger charge is 2.37. The molecule has 778 valence electrons. The summed E-state index contributed by atoms with van der Waals surface area (Å²) in [6.45, 7) is 56.0. The number of likely N-dealkylation sites (tertiary alicyclic amines) is 1. The third kappa shape index (κ3) is 43.8. The molecule has 38 heteroatoms. The molecule has 7 N–H and O–H groups in total. The van der Waals surface area contributed by atoms with Crippen LogP contribution in [0.3, 0.4) is 0 Å². The first-order valence-corrected chi connectivity index (χ1v) is 54.1. The number of urea groups is 7. The number of nitrogens with one attached hydrogen (secondary N) is 7. The highest BCUT2D eigenvalue weighted by Crippen LogP contribution is 2.24. The molecule has 7 atom stereocenters. The van der Waals surface area contributed by atoms with E-state index in [1.54, 1.807) is 59.4 Å². The van der Waals surface area contributed by atoms with Gasteiger partial charge in [0, 0.05) is 171 Å². The van der Waals surface area contributed by atoms with Crippen molar-refractivity contribution in [2.75, 3.05) is 180 Å². The Hall–Kier alpha value is -8.85. The van der Waals surface area contributed by atoms with E-state index >= 15 is 0 Å². The van der Waals surface area contributed by atoms with E-state index in [4.69, 9.17) is 4.74 Å². The number of carbonyl (C=O) groups is 14. The number of morpholine rings is 1. The van der Waals surface area contributed by atoms with Crippen molar-refractivity contribution in [3.05, 3.63) is 71.8 Å². The Labute approximate surface area is 823 Å². The zero-order valence-electron chi connectivity index (χ0n) is 86.9. The number of piperidine rings is 1. The van der Waals surface area contributed by atoms with Crippen LogP contribution in [-0.4, -0.2) is 353 Å². The smallest absolute Gasteiger partial charge is 0.318 e. The summed E-state index contributed by atoms with van der Waals surface area (Å²) < 4.78 is 50.8. The fraction of sp³-hybridized carbons (Fsp3) is 0.737. The molecule has 0 saturated carbocycles. The van der Waals surface area contributed by atoms with E-state index < -0.39 is 49.9 Å². The molecule has 9 rings (SSSR count). The van der Waals surface area contributed by atoms with E-state index in [1.165, 1.54) is 16.2 Å². The largest absolute Gasteiger partial charge is 0.378 e. The summed E-state index contributed by atoms with van der Waals surface area (Å²) in [7, 11) is -1.97. The van der Waals surface area contributed by atoms with Gasteiger partial charge in [-0.1, -0.05) is 220 Å². The van der Waals surface area contributed by atoms with Crippen LogP contribution in [0.5, 0.6) is 0 Å². The Kier molecular flexibility index (Phi) is 55.0. The molecule has 7 heterocycles. The minimum absolute atomic E-state index is 0.00187. The number of piperazine rings is 2. The quantitative estimate of drug-likeness (QED) is 0.0416. The number of likely N-dealkylation sites (N-methyl/N-ethyl adjacent to an activating group) is 2. The van der Waals surface area contributed by atoms with Gasteiger partial charge in [0.25, 0.3) is 0 Å². The Morgan fingerprint density at radius 3 is 0.781 bits per heavy atom. The van der Waals surface area contributed by atoms with Crippen LogP contribution in [0.2, 0.25) is 0 Å². The molecule has 7 aliphatic rings. The summed E-state index contributed by atoms with van der Waals surface area (Å²) in [6, 6.07) is 13.8. The average Bonchev–Trinajstić information content (AvgIpc) is 0.845. The number of nitrogens with zero attached hydrogens (tertiary/aromatic N) is 9. The van der Waals surface area contributed by atoms with Crippen LogP contribution < -0.4 is 37.2 Å². The van der Waals surface area contributed by atoms with Crippen molar-refractivity contribution in [1.29, 1.82) is 0 Å². The highest BCUT2D eigenvalue weighted by molar-refractivity contribution is 7.99. The number of amides is 14. The summed E-state index contributed by atoms with van der Waals surface area (Å²) in [4.78, 5) is 186. The molecule has 137 heavy (non-hydrogen) atoms. The van der Waals surface area contributed by atoms with Crippen LogP contribution in [0.1, 0.15) is 208 Å².